The molecule has 0 fully saturated rings. The summed E-state index contributed by atoms with van der Waals surface area (Å²) in [4.78, 5) is 0. The van der Waals surface area contributed by atoms with Crippen molar-refractivity contribution < 1.29 is 69.3 Å². The average Bonchev–Trinajstić information content (AvgIpc) is 1.56. The van der Waals surface area contributed by atoms with Gasteiger partial charge in [-0.3, -0.25) is 0 Å². The van der Waals surface area contributed by atoms with Crippen LogP contribution in [-0.4, -0.2) is 52.1 Å². The van der Waals surface area contributed by atoms with Crippen LogP contribution < -0.4 is 34.6 Å². The minimum Gasteiger partial charge on any atom is -0.833 e. The van der Waals surface area contributed by atoms with E-state index in [1.165, 1.54) is 0 Å². The van der Waals surface area contributed by atoms with E-state index in [0.29, 0.717) is 0 Å². The van der Waals surface area contributed by atoms with Crippen molar-refractivity contribution in [1.82, 2.24) is 0 Å². The average molecular weight is 189 g/mol. The first kappa shape index (κ1) is 18.6. The number of hydrogen-bond acceptors (Lipinski definition) is 8. The summed E-state index contributed by atoms with van der Waals surface area (Å²) in [7, 11) is -6.73. The largest absolute Gasteiger partial charge is 1.00 e. The molecule has 0 aliphatic rings. The van der Waals surface area contributed by atoms with E-state index in [1.807, 2.05) is 0 Å². The van der Waals surface area contributed by atoms with Crippen molar-refractivity contribution in [3.05, 3.63) is 0 Å². The van der Waals surface area contributed by atoms with Gasteiger partial charge in [-0.1, -0.05) is 0 Å². The summed E-state index contributed by atoms with van der Waals surface area (Å²) < 4.78 is 3.36. The first-order chi connectivity index (χ1) is 4.86. The van der Waals surface area contributed by atoms with E-state index in [4.69, 9.17) is 30.1 Å². The minimum atomic E-state index is -2.38. The molecule has 0 aromatic rings. The molecule has 0 aliphatic carbocycles. The van der Waals surface area contributed by atoms with Crippen molar-refractivity contribution in [2.75, 3.05) is 0 Å². The number of hydrogen-bond donors (Lipinski definition) is 6. The topological polar surface area (TPSA) is 154 Å². The first-order valence-corrected chi connectivity index (χ1v) is 2.26. The van der Waals surface area contributed by atoms with Gasteiger partial charge in [-0.05, 0) is 0 Å². The molecule has 0 aromatic carbocycles. The molecule has 0 bridgehead atoms. The summed E-state index contributed by atoms with van der Waals surface area (Å²) in [6, 6.07) is 0. The van der Waals surface area contributed by atoms with Gasteiger partial charge in [-0.15, -0.1) is 0 Å². The van der Waals surface area contributed by atoms with Gasteiger partial charge in [-0.25, -0.2) is 0 Å². The minimum absolute atomic E-state index is 0. The molecular formula is H6B3NaO8. The zero-order valence-electron chi connectivity index (χ0n) is 6.23. The van der Waals surface area contributed by atoms with E-state index in [-0.39, 0.29) is 29.6 Å². The van der Waals surface area contributed by atoms with Gasteiger partial charge < -0.3 is 39.7 Å². The molecule has 0 saturated carbocycles. The summed E-state index contributed by atoms with van der Waals surface area (Å²) >= 11 is 0. The summed E-state index contributed by atoms with van der Waals surface area (Å²) in [5, 5.41) is 53.9. The Morgan fingerprint density at radius 2 is 1.17 bits per heavy atom. The van der Waals surface area contributed by atoms with Crippen LogP contribution >= 0.6 is 0 Å². The van der Waals surface area contributed by atoms with Gasteiger partial charge in [0.25, 0.3) is 0 Å². The molecule has 0 saturated heterocycles. The maximum absolute atomic E-state index is 9.35. The first-order valence-electron chi connectivity index (χ1n) is 2.26. The van der Waals surface area contributed by atoms with Crippen LogP contribution in [0.1, 0.15) is 0 Å². The molecule has 8 nitrogen and oxygen atoms in total. The van der Waals surface area contributed by atoms with Crippen molar-refractivity contribution >= 4 is 22.0 Å². The standard InChI is InChI=1S/B2H3O5.BH3O3.Na/c3-1(4)7-2(5)6;2-1(3)4;/h3-5H;2-4H;/q-1;;+1. The van der Waals surface area contributed by atoms with Crippen LogP contribution in [0.25, 0.3) is 0 Å². The molecule has 0 rings (SSSR count). The Bertz CT molecular complexity index is 65.9. The molecule has 0 aromatic heterocycles. The van der Waals surface area contributed by atoms with Gasteiger partial charge in [0, 0.05) is 0 Å². The zero-order chi connectivity index (χ0) is 9.44. The fraction of sp³-hybridized carbons (Fsp3) is 0. The van der Waals surface area contributed by atoms with Gasteiger partial charge in [-0.2, -0.15) is 0 Å². The van der Waals surface area contributed by atoms with Crippen molar-refractivity contribution in [1.29, 1.82) is 0 Å². The van der Waals surface area contributed by atoms with Crippen LogP contribution in [-0.2, 0) is 4.57 Å². The predicted octanol–water partition coefficient (Wildman–Crippen LogP) is -8.74. The second-order valence-electron chi connectivity index (χ2n) is 1.12. The Balaban J connectivity index is -0.000000142. The van der Waals surface area contributed by atoms with Gasteiger partial charge in [0.05, 0.1) is 0 Å². The van der Waals surface area contributed by atoms with E-state index in [2.05, 4.69) is 4.57 Å². The maximum Gasteiger partial charge on any atom is 1.00 e. The molecular weight excluding hydrogens is 183 g/mol. The fourth-order valence-corrected chi connectivity index (χ4v) is 0.104. The van der Waals surface area contributed by atoms with Crippen molar-refractivity contribution in [3.8, 4) is 0 Å². The Morgan fingerprint density at radius 1 is 0.917 bits per heavy atom. The van der Waals surface area contributed by atoms with E-state index < -0.39 is 22.0 Å². The molecule has 0 aliphatic heterocycles. The Kier molecular flexibility index (Phi) is 18.4. The smallest absolute Gasteiger partial charge is 0.833 e. The molecule has 0 unspecified atom stereocenters. The van der Waals surface area contributed by atoms with Gasteiger partial charge in [0.2, 0.25) is 0 Å². The van der Waals surface area contributed by atoms with Crippen molar-refractivity contribution in [3.63, 3.8) is 0 Å². The fourth-order valence-electron chi connectivity index (χ4n) is 0.104. The summed E-state index contributed by atoms with van der Waals surface area (Å²) in [5.74, 6) is 0. The van der Waals surface area contributed by atoms with Crippen LogP contribution in [0.5, 0.6) is 0 Å². The van der Waals surface area contributed by atoms with Crippen LogP contribution in [0.15, 0.2) is 0 Å². The quantitative estimate of drug-likeness (QED) is 0.234. The Labute approximate surface area is 91.2 Å². The van der Waals surface area contributed by atoms with Gasteiger partial charge in [0.1, 0.15) is 0 Å². The van der Waals surface area contributed by atoms with E-state index in [1.54, 1.807) is 0 Å². The summed E-state index contributed by atoms with van der Waals surface area (Å²) in [6.45, 7) is 0. The third-order valence-electron chi connectivity index (χ3n) is 0.238. The third kappa shape index (κ3) is 44.6. The van der Waals surface area contributed by atoms with Crippen LogP contribution in [0.4, 0.5) is 0 Å². The van der Waals surface area contributed by atoms with E-state index in [9.17, 15) is 5.02 Å². The third-order valence-corrected chi connectivity index (χ3v) is 0.238. The van der Waals surface area contributed by atoms with Crippen LogP contribution in [0, 0.1) is 0 Å². The van der Waals surface area contributed by atoms with Gasteiger partial charge in [0.15, 0.2) is 0 Å². The molecule has 0 radical (unpaired) electrons. The molecule has 0 amide bonds. The van der Waals surface area contributed by atoms with E-state index in [0.717, 1.165) is 0 Å². The second-order valence-corrected chi connectivity index (χ2v) is 1.12. The van der Waals surface area contributed by atoms with Crippen LogP contribution in [0.2, 0.25) is 0 Å². The zero-order valence-corrected chi connectivity index (χ0v) is 8.23. The summed E-state index contributed by atoms with van der Waals surface area (Å²) in [5.41, 5.74) is 0. The molecule has 12 heavy (non-hydrogen) atoms. The molecule has 0 heterocycles. The molecule has 6 N–H and O–H groups in total. The second kappa shape index (κ2) is 11.9. The summed E-state index contributed by atoms with van der Waals surface area (Å²) in [6.07, 6.45) is 0. The molecule has 0 spiro atoms. The molecule has 0 atom stereocenters. The SMILES string of the molecule is OB(O)O.[Na+].[O-]B(O)OB(O)O. The van der Waals surface area contributed by atoms with Crippen molar-refractivity contribution in [2.45, 2.75) is 0 Å². The predicted molar refractivity (Wildman–Crippen MR) is 31.7 cm³/mol. The van der Waals surface area contributed by atoms with Crippen LogP contribution in [0.3, 0.4) is 0 Å². The maximum atomic E-state index is 9.35. The normalized spacial score (nSPS) is 7.25. The van der Waals surface area contributed by atoms with Crippen molar-refractivity contribution in [2.24, 2.45) is 0 Å². The monoisotopic (exact) mass is 190 g/mol. The molecule has 12 heteroatoms. The number of rotatable bonds is 2. The Hall–Kier alpha value is 0.875. The van der Waals surface area contributed by atoms with E-state index >= 15 is 0 Å². The Morgan fingerprint density at radius 3 is 1.17 bits per heavy atom. The molecule has 64 valence electrons. The van der Waals surface area contributed by atoms with Gasteiger partial charge >= 0.3 is 51.5 Å².